The second kappa shape index (κ2) is 9.57. The van der Waals surface area contributed by atoms with Crippen LogP contribution >= 0.6 is 0 Å². The lowest BCUT2D eigenvalue weighted by atomic mass is 10.1. The van der Waals surface area contributed by atoms with Gasteiger partial charge in [-0.25, -0.2) is 8.42 Å². The Hall–Kier alpha value is -3.46. The minimum absolute atomic E-state index is 0.0598. The van der Waals surface area contributed by atoms with Crippen molar-refractivity contribution in [1.82, 2.24) is 9.55 Å². The topological polar surface area (TPSA) is 121 Å². The molecule has 2 aromatic heterocycles. The van der Waals surface area contributed by atoms with Crippen LogP contribution in [-0.4, -0.2) is 30.1 Å². The molecule has 0 aliphatic heterocycles. The van der Waals surface area contributed by atoms with E-state index in [1.165, 1.54) is 12.3 Å². The Labute approximate surface area is 180 Å². The van der Waals surface area contributed by atoms with E-state index in [1.54, 1.807) is 24.4 Å². The predicted octanol–water partition coefficient (Wildman–Crippen LogP) is 2.30. The van der Waals surface area contributed by atoms with E-state index in [0.29, 0.717) is 17.9 Å². The van der Waals surface area contributed by atoms with Crippen molar-refractivity contribution >= 4 is 15.7 Å². The highest BCUT2D eigenvalue weighted by molar-refractivity contribution is 7.90. The van der Waals surface area contributed by atoms with E-state index in [2.05, 4.69) is 4.98 Å². The molecule has 1 amide bonds. The lowest BCUT2D eigenvalue weighted by Gasteiger charge is -2.18. The number of ether oxygens (including phenoxy) is 1. The lowest BCUT2D eigenvalue weighted by molar-refractivity contribution is -0.118. The number of hydrogen-bond acceptors (Lipinski definition) is 6. The molecule has 0 saturated carbocycles. The molecule has 3 aromatic rings. The van der Waals surface area contributed by atoms with Crippen LogP contribution in [0.2, 0.25) is 0 Å². The first-order valence-electron chi connectivity index (χ1n) is 9.56. The van der Waals surface area contributed by atoms with Crippen molar-refractivity contribution in [3.63, 3.8) is 0 Å². The Balaban J connectivity index is 1.77. The van der Waals surface area contributed by atoms with Gasteiger partial charge in [-0.05, 0) is 47.9 Å². The molecular formula is C22H23N3O5S. The van der Waals surface area contributed by atoms with Gasteiger partial charge in [-0.1, -0.05) is 18.2 Å². The van der Waals surface area contributed by atoms with E-state index in [0.717, 1.165) is 22.1 Å². The highest BCUT2D eigenvalue weighted by Crippen LogP contribution is 2.24. The molecule has 1 aromatic carbocycles. The molecule has 0 radical (unpaired) electrons. The largest absolute Gasteiger partial charge is 0.487 e. The van der Waals surface area contributed by atoms with Crippen LogP contribution in [0.25, 0.3) is 11.1 Å². The minimum Gasteiger partial charge on any atom is -0.487 e. The Morgan fingerprint density at radius 1 is 1.13 bits per heavy atom. The third-order valence-electron chi connectivity index (χ3n) is 4.69. The van der Waals surface area contributed by atoms with Gasteiger partial charge in [0.25, 0.3) is 5.56 Å². The maximum absolute atomic E-state index is 12.6. The first-order chi connectivity index (χ1) is 14.7. The predicted molar refractivity (Wildman–Crippen MR) is 117 cm³/mol. The molecule has 9 heteroatoms. The highest BCUT2D eigenvalue weighted by Gasteiger charge is 2.24. The Morgan fingerprint density at radius 3 is 2.45 bits per heavy atom. The van der Waals surface area contributed by atoms with Gasteiger partial charge in [0.2, 0.25) is 5.91 Å². The van der Waals surface area contributed by atoms with Crippen LogP contribution in [0.1, 0.15) is 23.9 Å². The van der Waals surface area contributed by atoms with Gasteiger partial charge in [-0.2, -0.15) is 0 Å². The van der Waals surface area contributed by atoms with E-state index >= 15 is 0 Å². The molecule has 0 aliphatic rings. The molecule has 0 aliphatic carbocycles. The number of nitrogens with zero attached hydrogens (tertiary/aromatic N) is 2. The standard InChI is InChI=1S/C22H23N3O5S/c1-31(28,29)22(10-9-20(23)26)25-13-11-17(14-21(25)27)16-5-7-19(8-6-16)30-15-18-4-2-3-12-24-18/h2-8,11-14,22H,9-10,15H2,1H3,(H2,23,26). The molecule has 0 spiro atoms. The lowest BCUT2D eigenvalue weighted by Crippen LogP contribution is -2.29. The van der Waals surface area contributed by atoms with Gasteiger partial charge >= 0.3 is 0 Å². The summed E-state index contributed by atoms with van der Waals surface area (Å²) < 4.78 is 31.1. The minimum atomic E-state index is -3.61. The summed E-state index contributed by atoms with van der Waals surface area (Å²) in [5.41, 5.74) is 6.88. The van der Waals surface area contributed by atoms with Gasteiger partial charge in [-0.3, -0.25) is 19.1 Å². The molecular weight excluding hydrogens is 418 g/mol. The number of carbonyl (C=O) groups excluding carboxylic acids is 1. The van der Waals surface area contributed by atoms with E-state index < -0.39 is 26.7 Å². The number of rotatable bonds is 9. The zero-order chi connectivity index (χ0) is 22.4. The fourth-order valence-corrected chi connectivity index (χ4v) is 4.25. The van der Waals surface area contributed by atoms with Gasteiger partial charge in [0, 0.05) is 31.1 Å². The molecule has 1 atom stereocenters. The summed E-state index contributed by atoms with van der Waals surface area (Å²) >= 11 is 0. The monoisotopic (exact) mass is 441 g/mol. The summed E-state index contributed by atoms with van der Waals surface area (Å²) in [4.78, 5) is 27.9. The summed E-state index contributed by atoms with van der Waals surface area (Å²) in [6, 6.07) is 15.8. The van der Waals surface area contributed by atoms with Crippen molar-refractivity contribution in [2.45, 2.75) is 24.8 Å². The molecule has 8 nitrogen and oxygen atoms in total. The number of nitrogens with two attached hydrogens (primary N) is 1. The third kappa shape index (κ3) is 6.02. The van der Waals surface area contributed by atoms with E-state index in [4.69, 9.17) is 10.5 Å². The molecule has 2 heterocycles. The SMILES string of the molecule is CS(=O)(=O)C(CCC(N)=O)n1ccc(-c2ccc(OCc3ccccn3)cc2)cc1=O. The second-order valence-corrected chi connectivity index (χ2v) is 9.29. The smallest absolute Gasteiger partial charge is 0.252 e. The average Bonchev–Trinajstić information content (AvgIpc) is 2.73. The summed E-state index contributed by atoms with van der Waals surface area (Å²) in [6.45, 7) is 0.342. The van der Waals surface area contributed by atoms with Gasteiger partial charge < -0.3 is 10.5 Å². The second-order valence-electron chi connectivity index (χ2n) is 7.08. The quantitative estimate of drug-likeness (QED) is 0.544. The number of amides is 1. The van der Waals surface area contributed by atoms with Crippen LogP contribution in [0.5, 0.6) is 5.75 Å². The zero-order valence-electron chi connectivity index (χ0n) is 17.0. The van der Waals surface area contributed by atoms with Crippen LogP contribution in [0.3, 0.4) is 0 Å². The van der Waals surface area contributed by atoms with Gasteiger partial charge in [-0.15, -0.1) is 0 Å². The normalized spacial score (nSPS) is 12.3. The van der Waals surface area contributed by atoms with Gasteiger partial charge in [0.15, 0.2) is 9.84 Å². The Morgan fingerprint density at radius 2 is 1.87 bits per heavy atom. The molecule has 0 fully saturated rings. The Bertz CT molecular complexity index is 1210. The number of primary amides is 1. The van der Waals surface area contributed by atoms with Crippen molar-refractivity contribution in [3.05, 3.63) is 83.0 Å². The number of carbonyl (C=O) groups is 1. The fraction of sp³-hybridized carbons (Fsp3) is 0.227. The van der Waals surface area contributed by atoms with Gasteiger partial charge in [0.05, 0.1) is 5.69 Å². The summed E-state index contributed by atoms with van der Waals surface area (Å²) in [5.74, 6) is 0.0370. The van der Waals surface area contributed by atoms with Gasteiger partial charge in [0.1, 0.15) is 17.7 Å². The van der Waals surface area contributed by atoms with E-state index in [-0.39, 0.29) is 12.8 Å². The maximum Gasteiger partial charge on any atom is 0.252 e. The maximum atomic E-state index is 12.6. The number of benzene rings is 1. The molecule has 1 unspecified atom stereocenters. The molecule has 0 bridgehead atoms. The van der Waals surface area contributed by atoms with Crippen LogP contribution in [0, 0.1) is 0 Å². The molecule has 0 saturated heterocycles. The van der Waals surface area contributed by atoms with E-state index in [9.17, 15) is 18.0 Å². The average molecular weight is 442 g/mol. The summed E-state index contributed by atoms with van der Waals surface area (Å²) in [6.07, 6.45) is 3.96. The van der Waals surface area contributed by atoms with Crippen LogP contribution in [-0.2, 0) is 21.2 Å². The first-order valence-corrected chi connectivity index (χ1v) is 11.5. The summed E-state index contributed by atoms with van der Waals surface area (Å²) in [7, 11) is -3.61. The Kier molecular flexibility index (Phi) is 6.86. The number of pyridine rings is 2. The number of sulfone groups is 1. The van der Waals surface area contributed by atoms with Crippen LogP contribution in [0.15, 0.2) is 71.8 Å². The van der Waals surface area contributed by atoms with Crippen molar-refractivity contribution < 1.29 is 17.9 Å². The highest BCUT2D eigenvalue weighted by atomic mass is 32.2. The van der Waals surface area contributed by atoms with Crippen molar-refractivity contribution in [2.75, 3.05) is 6.26 Å². The van der Waals surface area contributed by atoms with Crippen molar-refractivity contribution in [1.29, 1.82) is 0 Å². The van der Waals surface area contributed by atoms with E-state index in [1.807, 2.05) is 30.3 Å². The number of hydrogen-bond donors (Lipinski definition) is 1. The van der Waals surface area contributed by atoms with Crippen molar-refractivity contribution in [2.24, 2.45) is 5.73 Å². The van der Waals surface area contributed by atoms with Crippen LogP contribution < -0.4 is 16.0 Å². The fourth-order valence-electron chi connectivity index (χ4n) is 3.12. The molecule has 162 valence electrons. The third-order valence-corrected chi connectivity index (χ3v) is 6.14. The van der Waals surface area contributed by atoms with Crippen molar-refractivity contribution in [3.8, 4) is 16.9 Å². The first kappa shape index (κ1) is 22.2. The molecule has 2 N–H and O–H groups in total. The molecule has 31 heavy (non-hydrogen) atoms. The molecule has 3 rings (SSSR count). The number of aromatic nitrogens is 2. The van der Waals surface area contributed by atoms with Crippen LogP contribution in [0.4, 0.5) is 0 Å². The zero-order valence-corrected chi connectivity index (χ0v) is 17.8. The summed E-state index contributed by atoms with van der Waals surface area (Å²) in [5, 5.41) is -1.15.